The normalized spacial score (nSPS) is 11.4. The smallest absolute Gasteiger partial charge is 0.127 e. The Labute approximate surface area is 352 Å². The molecule has 60 heavy (non-hydrogen) atoms. The van der Waals surface area contributed by atoms with Gasteiger partial charge in [0.2, 0.25) is 0 Å². The molecule has 0 atom stereocenters. The van der Waals surface area contributed by atoms with E-state index >= 15 is 0 Å². The Morgan fingerprint density at radius 1 is 0.300 bits per heavy atom. The van der Waals surface area contributed by atoms with E-state index in [1.54, 1.807) is 0 Å². The van der Waals surface area contributed by atoms with Crippen molar-refractivity contribution in [2.75, 3.05) is 14.9 Å². The molecule has 0 bridgehead atoms. The van der Waals surface area contributed by atoms with Crippen molar-refractivity contribution < 1.29 is 4.74 Å². The quantitative estimate of drug-likeness (QED) is 0.0768. The highest BCUT2D eigenvalue weighted by atomic mass is 16.5. The SMILES string of the molecule is C(=Cc1ccc(N(c2ccc(C=CC=NN(c3ccccc3)c3ccccc3)cc2)c2ccc(Oc3ccccc3)cc2)cc1)C=NN(c1ccccc1)c1ccccc1. The van der Waals surface area contributed by atoms with Crippen molar-refractivity contribution in [1.29, 1.82) is 0 Å². The Morgan fingerprint density at radius 3 is 0.950 bits per heavy atom. The second-order valence-corrected chi connectivity index (χ2v) is 13.6. The molecule has 0 N–H and O–H groups in total. The summed E-state index contributed by atoms with van der Waals surface area (Å²) in [5.41, 5.74) is 9.13. The van der Waals surface area contributed by atoms with Gasteiger partial charge >= 0.3 is 0 Å². The molecule has 290 valence electrons. The van der Waals surface area contributed by atoms with Gasteiger partial charge in [0.1, 0.15) is 11.5 Å². The lowest BCUT2D eigenvalue weighted by atomic mass is 10.1. The number of anilines is 7. The van der Waals surface area contributed by atoms with Crippen LogP contribution >= 0.6 is 0 Å². The van der Waals surface area contributed by atoms with Gasteiger partial charge in [-0.05, 0) is 132 Å². The van der Waals surface area contributed by atoms with Gasteiger partial charge in [-0.2, -0.15) is 10.2 Å². The predicted octanol–water partition coefficient (Wildman–Crippen LogP) is 14.6. The van der Waals surface area contributed by atoms with E-state index in [2.05, 4.69) is 126 Å². The lowest BCUT2D eigenvalue weighted by Gasteiger charge is -2.26. The summed E-state index contributed by atoms with van der Waals surface area (Å²) in [5.74, 6) is 1.57. The molecule has 0 saturated heterocycles. The number of para-hydroxylation sites is 5. The maximum Gasteiger partial charge on any atom is 0.127 e. The number of allylic oxidation sites excluding steroid dienone is 2. The van der Waals surface area contributed by atoms with Gasteiger partial charge in [0.15, 0.2) is 0 Å². The van der Waals surface area contributed by atoms with E-state index in [9.17, 15) is 0 Å². The molecule has 8 aromatic carbocycles. The second-order valence-electron chi connectivity index (χ2n) is 13.6. The molecule has 0 unspecified atom stereocenters. The lowest BCUT2D eigenvalue weighted by molar-refractivity contribution is 0.483. The molecule has 8 aromatic rings. The summed E-state index contributed by atoms with van der Waals surface area (Å²) in [7, 11) is 0. The highest BCUT2D eigenvalue weighted by Gasteiger charge is 2.13. The first-order chi connectivity index (χ1) is 29.8. The van der Waals surface area contributed by atoms with E-state index in [-0.39, 0.29) is 0 Å². The van der Waals surface area contributed by atoms with Crippen molar-refractivity contribution >= 4 is 64.4 Å². The zero-order valence-electron chi connectivity index (χ0n) is 33.0. The Morgan fingerprint density at radius 2 is 0.600 bits per heavy atom. The van der Waals surface area contributed by atoms with E-state index in [4.69, 9.17) is 14.9 Å². The van der Waals surface area contributed by atoms with Crippen LogP contribution in [0, 0.1) is 0 Å². The maximum absolute atomic E-state index is 6.12. The van der Waals surface area contributed by atoms with Gasteiger partial charge < -0.3 is 9.64 Å². The van der Waals surface area contributed by atoms with Gasteiger partial charge in [0.05, 0.1) is 22.7 Å². The molecule has 0 aliphatic heterocycles. The molecule has 6 nitrogen and oxygen atoms in total. The number of hydrazone groups is 2. The average Bonchev–Trinajstić information content (AvgIpc) is 3.32. The van der Waals surface area contributed by atoms with Crippen molar-refractivity contribution in [1.82, 2.24) is 0 Å². The van der Waals surface area contributed by atoms with Gasteiger partial charge in [0, 0.05) is 29.5 Å². The summed E-state index contributed by atoms with van der Waals surface area (Å²) >= 11 is 0. The van der Waals surface area contributed by atoms with Crippen LogP contribution in [0.2, 0.25) is 0 Å². The van der Waals surface area contributed by atoms with Crippen LogP contribution in [-0.2, 0) is 0 Å². The largest absolute Gasteiger partial charge is 0.457 e. The Kier molecular flexibility index (Phi) is 12.7. The fraction of sp³-hybridized carbons (Fsp3) is 0. The molecule has 0 aliphatic rings. The number of hydrogen-bond acceptors (Lipinski definition) is 6. The second kappa shape index (κ2) is 19.8. The van der Waals surface area contributed by atoms with Crippen LogP contribution in [0.5, 0.6) is 11.5 Å². The molecule has 0 spiro atoms. The Hall–Kier alpha value is -8.22. The minimum absolute atomic E-state index is 0.769. The minimum atomic E-state index is 0.769. The first kappa shape index (κ1) is 38.6. The molecule has 0 aliphatic carbocycles. The number of ether oxygens (including phenoxy) is 1. The van der Waals surface area contributed by atoms with Crippen LogP contribution in [0.3, 0.4) is 0 Å². The first-order valence-electron chi connectivity index (χ1n) is 19.8. The van der Waals surface area contributed by atoms with Gasteiger partial charge in [0.25, 0.3) is 0 Å². The summed E-state index contributed by atoms with van der Waals surface area (Å²) in [6.07, 6.45) is 11.7. The first-order valence-corrected chi connectivity index (χ1v) is 19.8. The van der Waals surface area contributed by atoms with Gasteiger partial charge in [-0.1, -0.05) is 127 Å². The van der Waals surface area contributed by atoms with E-state index in [0.29, 0.717) is 0 Å². The van der Waals surface area contributed by atoms with Gasteiger partial charge in [-0.3, -0.25) is 0 Å². The number of nitrogens with zero attached hydrogens (tertiary/aromatic N) is 5. The topological polar surface area (TPSA) is 43.7 Å². The highest BCUT2D eigenvalue weighted by Crippen LogP contribution is 2.36. The number of rotatable bonds is 15. The van der Waals surface area contributed by atoms with Gasteiger partial charge in [-0.25, -0.2) is 10.0 Å². The summed E-state index contributed by atoms with van der Waals surface area (Å²) in [4.78, 5) is 2.24. The van der Waals surface area contributed by atoms with Crippen molar-refractivity contribution in [3.63, 3.8) is 0 Å². The van der Waals surface area contributed by atoms with Crippen LogP contribution in [-0.4, -0.2) is 12.4 Å². The molecule has 0 heterocycles. The molecule has 0 amide bonds. The van der Waals surface area contributed by atoms with Crippen molar-refractivity contribution in [2.24, 2.45) is 10.2 Å². The molecule has 0 fully saturated rings. The highest BCUT2D eigenvalue weighted by molar-refractivity contribution is 5.83. The Balaban J connectivity index is 1.01. The number of hydrogen-bond donors (Lipinski definition) is 0. The van der Waals surface area contributed by atoms with E-state index in [0.717, 1.165) is 62.4 Å². The van der Waals surface area contributed by atoms with Crippen LogP contribution in [0.1, 0.15) is 11.1 Å². The third kappa shape index (κ3) is 10.2. The maximum atomic E-state index is 6.12. The molecule has 0 saturated carbocycles. The van der Waals surface area contributed by atoms with E-state index < -0.39 is 0 Å². The fourth-order valence-corrected chi connectivity index (χ4v) is 6.56. The van der Waals surface area contributed by atoms with Crippen LogP contribution in [0.25, 0.3) is 12.2 Å². The monoisotopic (exact) mass is 777 g/mol. The molecule has 6 heteroatoms. The third-order valence-electron chi connectivity index (χ3n) is 9.49. The molecule has 0 aromatic heterocycles. The third-order valence-corrected chi connectivity index (χ3v) is 9.49. The zero-order chi connectivity index (χ0) is 40.6. The summed E-state index contributed by atoms with van der Waals surface area (Å²) in [6, 6.07) is 75.6. The predicted molar refractivity (Wildman–Crippen MR) is 253 cm³/mol. The molecular formula is C54H43N5O. The van der Waals surface area contributed by atoms with Crippen molar-refractivity contribution in [3.8, 4) is 11.5 Å². The molecular weight excluding hydrogens is 735 g/mol. The standard InChI is InChI=1S/C54H43N5O/c1-6-20-49(21-7-1)58(50-22-8-2-9-23-50)55-42-16-18-44-30-34-46(35-31-44)57(48-38-40-54(41-39-48)60-53-28-14-5-15-29-53)47-36-32-45(33-37-47)19-17-43-56-59(51-24-10-3-11-25-51)52-26-12-4-13-27-52/h1-43H. The summed E-state index contributed by atoms with van der Waals surface area (Å²) < 4.78 is 6.12. The molecule has 0 radical (unpaired) electrons. The summed E-state index contributed by atoms with van der Waals surface area (Å²) in [6.45, 7) is 0. The van der Waals surface area contributed by atoms with Crippen LogP contribution < -0.4 is 19.7 Å². The number of benzene rings is 8. The van der Waals surface area contributed by atoms with E-state index in [1.807, 2.05) is 150 Å². The van der Waals surface area contributed by atoms with Crippen molar-refractivity contribution in [2.45, 2.75) is 0 Å². The summed E-state index contributed by atoms with van der Waals surface area (Å²) in [5, 5.41) is 13.4. The fourth-order valence-electron chi connectivity index (χ4n) is 6.56. The molecule has 8 rings (SSSR count). The average molecular weight is 778 g/mol. The van der Waals surface area contributed by atoms with Gasteiger partial charge in [-0.15, -0.1) is 0 Å². The van der Waals surface area contributed by atoms with E-state index in [1.165, 1.54) is 0 Å². The van der Waals surface area contributed by atoms with Crippen molar-refractivity contribution in [3.05, 3.63) is 248 Å². The van der Waals surface area contributed by atoms with Crippen LogP contribution in [0.4, 0.5) is 39.8 Å². The lowest BCUT2D eigenvalue weighted by Crippen LogP contribution is -2.09. The van der Waals surface area contributed by atoms with Crippen LogP contribution in [0.15, 0.2) is 247 Å². The minimum Gasteiger partial charge on any atom is -0.457 e. The Bertz CT molecular complexity index is 2410. The zero-order valence-corrected chi connectivity index (χ0v) is 33.0.